The first-order valence-electron chi connectivity index (χ1n) is 10.1. The molecule has 0 aliphatic heterocycles. The molecule has 3 heterocycles. The van der Waals surface area contributed by atoms with Crippen LogP contribution in [0.5, 0.6) is 0 Å². The summed E-state index contributed by atoms with van der Waals surface area (Å²) in [6.45, 7) is 0.747. The Hall–Kier alpha value is -3.78. The highest BCUT2D eigenvalue weighted by molar-refractivity contribution is 6.30. The van der Waals surface area contributed by atoms with E-state index in [0.717, 1.165) is 17.0 Å². The third-order valence-electron chi connectivity index (χ3n) is 5.19. The van der Waals surface area contributed by atoms with Crippen LogP contribution in [0.25, 0.3) is 16.6 Å². The van der Waals surface area contributed by atoms with E-state index < -0.39 is 0 Å². The molecule has 0 saturated carbocycles. The minimum Gasteiger partial charge on any atom is -0.350 e. The van der Waals surface area contributed by atoms with Gasteiger partial charge >= 0.3 is 0 Å². The Kier molecular flexibility index (Phi) is 5.28. The van der Waals surface area contributed by atoms with E-state index in [4.69, 9.17) is 11.6 Å². The van der Waals surface area contributed by atoms with Gasteiger partial charge in [-0.05, 0) is 48.0 Å². The number of benzene rings is 2. The molecule has 0 unspecified atom stereocenters. The van der Waals surface area contributed by atoms with Crippen LogP contribution < -0.4 is 5.32 Å². The molecule has 0 aliphatic rings. The van der Waals surface area contributed by atoms with Gasteiger partial charge < -0.3 is 5.32 Å². The SMILES string of the molecule is O=C(NCCc1nnc2ccccn12)c1nn(Cc2ccc(Cl)cc2)c2cc(F)ccc12. The predicted octanol–water partition coefficient (Wildman–Crippen LogP) is 3.89. The lowest BCUT2D eigenvalue weighted by atomic mass is 10.2. The zero-order valence-electron chi connectivity index (χ0n) is 16.9. The van der Waals surface area contributed by atoms with Gasteiger partial charge in [-0.15, -0.1) is 10.2 Å². The van der Waals surface area contributed by atoms with E-state index in [9.17, 15) is 9.18 Å². The Morgan fingerprint density at radius 1 is 1.06 bits per heavy atom. The number of nitrogens with one attached hydrogen (secondary N) is 1. The third-order valence-corrected chi connectivity index (χ3v) is 5.44. The van der Waals surface area contributed by atoms with Crippen molar-refractivity contribution in [1.82, 2.24) is 29.7 Å². The Morgan fingerprint density at radius 3 is 2.75 bits per heavy atom. The molecule has 5 aromatic rings. The van der Waals surface area contributed by atoms with Gasteiger partial charge in [-0.1, -0.05) is 29.8 Å². The van der Waals surface area contributed by atoms with Crippen LogP contribution in [0.2, 0.25) is 5.02 Å². The summed E-state index contributed by atoms with van der Waals surface area (Å²) in [6.07, 6.45) is 2.39. The molecule has 7 nitrogen and oxygen atoms in total. The van der Waals surface area contributed by atoms with Crippen molar-refractivity contribution in [3.8, 4) is 0 Å². The average Bonchev–Trinajstić information content (AvgIpc) is 3.37. The smallest absolute Gasteiger partial charge is 0.272 e. The zero-order valence-corrected chi connectivity index (χ0v) is 17.6. The van der Waals surface area contributed by atoms with E-state index in [0.29, 0.717) is 35.4 Å². The van der Waals surface area contributed by atoms with E-state index in [2.05, 4.69) is 20.6 Å². The van der Waals surface area contributed by atoms with Crippen molar-refractivity contribution in [1.29, 1.82) is 0 Å². The molecule has 1 N–H and O–H groups in total. The molecule has 32 heavy (non-hydrogen) atoms. The largest absolute Gasteiger partial charge is 0.350 e. The summed E-state index contributed by atoms with van der Waals surface area (Å²) in [5.74, 6) is 0.0341. The van der Waals surface area contributed by atoms with E-state index in [-0.39, 0.29) is 17.4 Å². The minimum atomic E-state index is -0.389. The van der Waals surface area contributed by atoms with Crippen molar-refractivity contribution in [2.75, 3.05) is 6.54 Å². The van der Waals surface area contributed by atoms with Crippen LogP contribution in [0.15, 0.2) is 66.9 Å². The van der Waals surface area contributed by atoms with E-state index >= 15 is 0 Å². The number of rotatable bonds is 6. The van der Waals surface area contributed by atoms with Crippen molar-refractivity contribution in [2.45, 2.75) is 13.0 Å². The molecule has 160 valence electrons. The summed E-state index contributed by atoms with van der Waals surface area (Å²) >= 11 is 5.96. The van der Waals surface area contributed by atoms with Crippen molar-refractivity contribution in [2.24, 2.45) is 0 Å². The molecule has 0 spiro atoms. The molecule has 2 aromatic carbocycles. The molecule has 0 saturated heterocycles. The molecule has 0 radical (unpaired) electrons. The zero-order chi connectivity index (χ0) is 22.1. The van der Waals surface area contributed by atoms with Gasteiger partial charge in [0.05, 0.1) is 12.1 Å². The second-order valence-electron chi connectivity index (χ2n) is 7.35. The number of hydrogen-bond acceptors (Lipinski definition) is 4. The number of carbonyl (C=O) groups is 1. The third kappa shape index (κ3) is 3.92. The van der Waals surface area contributed by atoms with Crippen LogP contribution in [0.3, 0.4) is 0 Å². The topological polar surface area (TPSA) is 77.1 Å². The number of hydrogen-bond donors (Lipinski definition) is 1. The fourth-order valence-electron chi connectivity index (χ4n) is 3.63. The van der Waals surface area contributed by atoms with E-state index in [1.807, 2.05) is 40.9 Å². The van der Waals surface area contributed by atoms with Crippen LogP contribution in [-0.2, 0) is 13.0 Å². The molecule has 0 fully saturated rings. The molecular formula is C23H18ClFN6O. The molecule has 3 aromatic heterocycles. The Morgan fingerprint density at radius 2 is 1.91 bits per heavy atom. The van der Waals surface area contributed by atoms with Crippen molar-refractivity contribution in [3.63, 3.8) is 0 Å². The molecular weight excluding hydrogens is 431 g/mol. The molecule has 0 atom stereocenters. The van der Waals surface area contributed by atoms with Gasteiger partial charge in [0.15, 0.2) is 11.3 Å². The number of pyridine rings is 1. The van der Waals surface area contributed by atoms with Gasteiger partial charge in [-0.2, -0.15) is 5.10 Å². The monoisotopic (exact) mass is 448 g/mol. The maximum absolute atomic E-state index is 13.9. The number of fused-ring (bicyclic) bond motifs is 2. The van der Waals surface area contributed by atoms with Gasteiger partial charge in [0.2, 0.25) is 0 Å². The summed E-state index contributed by atoms with van der Waals surface area (Å²) in [4.78, 5) is 12.9. The fraction of sp³-hybridized carbons (Fsp3) is 0.130. The predicted molar refractivity (Wildman–Crippen MR) is 119 cm³/mol. The lowest BCUT2D eigenvalue weighted by Gasteiger charge is -2.04. The van der Waals surface area contributed by atoms with Gasteiger partial charge in [0.25, 0.3) is 5.91 Å². The van der Waals surface area contributed by atoms with E-state index in [1.165, 1.54) is 12.1 Å². The van der Waals surface area contributed by atoms with Gasteiger partial charge in [-0.3, -0.25) is 13.9 Å². The van der Waals surface area contributed by atoms with Gasteiger partial charge in [0.1, 0.15) is 11.6 Å². The Labute approximate surface area is 187 Å². The lowest BCUT2D eigenvalue weighted by molar-refractivity contribution is 0.0949. The molecule has 5 rings (SSSR count). The summed E-state index contributed by atoms with van der Waals surface area (Å²) < 4.78 is 17.4. The summed E-state index contributed by atoms with van der Waals surface area (Å²) in [5.41, 5.74) is 2.49. The van der Waals surface area contributed by atoms with Crippen molar-refractivity contribution < 1.29 is 9.18 Å². The Bertz CT molecular complexity index is 1430. The fourth-order valence-corrected chi connectivity index (χ4v) is 3.76. The van der Waals surface area contributed by atoms with Crippen LogP contribution in [0.1, 0.15) is 21.9 Å². The standard InChI is InChI=1S/C23H18ClFN6O/c24-16-6-4-15(5-7-16)14-31-19-13-17(25)8-9-18(19)22(29-31)23(32)26-11-10-21-28-27-20-3-1-2-12-30(20)21/h1-9,12-13H,10-11,14H2,(H,26,32). The maximum atomic E-state index is 13.9. The van der Waals surface area contributed by atoms with E-state index in [1.54, 1.807) is 22.9 Å². The number of carbonyl (C=O) groups excluding carboxylic acids is 1. The number of halogens is 2. The number of amides is 1. The van der Waals surface area contributed by atoms with Crippen LogP contribution in [0, 0.1) is 5.82 Å². The van der Waals surface area contributed by atoms with Crippen LogP contribution >= 0.6 is 11.6 Å². The quantitative estimate of drug-likeness (QED) is 0.427. The lowest BCUT2D eigenvalue weighted by Crippen LogP contribution is -2.27. The highest BCUT2D eigenvalue weighted by Crippen LogP contribution is 2.21. The molecule has 9 heteroatoms. The summed E-state index contributed by atoms with van der Waals surface area (Å²) in [6, 6.07) is 17.3. The maximum Gasteiger partial charge on any atom is 0.272 e. The highest BCUT2D eigenvalue weighted by Gasteiger charge is 2.18. The average molecular weight is 449 g/mol. The molecule has 0 aliphatic carbocycles. The highest BCUT2D eigenvalue weighted by atomic mass is 35.5. The minimum absolute atomic E-state index is 0.250. The van der Waals surface area contributed by atoms with Gasteiger partial charge in [0, 0.05) is 29.6 Å². The van der Waals surface area contributed by atoms with Crippen molar-refractivity contribution >= 4 is 34.1 Å². The molecule has 1 amide bonds. The molecule has 0 bridgehead atoms. The second kappa shape index (κ2) is 8.39. The summed E-state index contributed by atoms with van der Waals surface area (Å²) in [7, 11) is 0. The van der Waals surface area contributed by atoms with Gasteiger partial charge in [-0.25, -0.2) is 4.39 Å². The first-order valence-corrected chi connectivity index (χ1v) is 10.4. The Balaban J connectivity index is 1.36. The second-order valence-corrected chi connectivity index (χ2v) is 7.78. The number of aromatic nitrogens is 5. The van der Waals surface area contributed by atoms with Crippen LogP contribution in [0.4, 0.5) is 4.39 Å². The van der Waals surface area contributed by atoms with Crippen molar-refractivity contribution in [3.05, 3.63) is 94.8 Å². The normalized spacial score (nSPS) is 11.3. The first kappa shape index (κ1) is 20.1. The van der Waals surface area contributed by atoms with Crippen LogP contribution in [-0.4, -0.2) is 36.8 Å². The number of nitrogens with zero attached hydrogens (tertiary/aromatic N) is 5. The summed E-state index contributed by atoms with van der Waals surface area (Å²) in [5, 5.41) is 16.9. The first-order chi connectivity index (χ1) is 15.6.